The maximum absolute atomic E-state index is 9.86. The van der Waals surface area contributed by atoms with Crippen LogP contribution in [0.25, 0.3) is 0 Å². The maximum Gasteiger partial charge on any atom is 0.192 e. The Morgan fingerprint density at radius 3 is 2.16 bits per heavy atom. The number of epoxide rings is 1. The van der Waals surface area contributed by atoms with E-state index in [1.807, 2.05) is 49.4 Å². The summed E-state index contributed by atoms with van der Waals surface area (Å²) in [5.41, 5.74) is 1.76. The molecule has 3 rings (SSSR count). The van der Waals surface area contributed by atoms with Crippen molar-refractivity contribution in [1.29, 1.82) is 0 Å². The number of ether oxygens (including phenoxy) is 5. The summed E-state index contributed by atoms with van der Waals surface area (Å²) in [6, 6.07) is 18.2. The lowest BCUT2D eigenvalue weighted by Crippen LogP contribution is -2.48. The van der Waals surface area contributed by atoms with Crippen LogP contribution >= 0.6 is 0 Å². The molecule has 6 atom stereocenters. The van der Waals surface area contributed by atoms with Crippen molar-refractivity contribution < 1.29 is 33.2 Å². The number of methoxy groups -OCH3 is 2. The predicted molar refractivity (Wildman–Crippen MR) is 174 cm³/mol. The second-order valence-electron chi connectivity index (χ2n) is 13.7. The van der Waals surface area contributed by atoms with Crippen molar-refractivity contribution in [3.63, 3.8) is 0 Å². The maximum atomic E-state index is 9.86. The molecule has 0 spiro atoms. The van der Waals surface area contributed by atoms with Gasteiger partial charge in [0.15, 0.2) is 8.32 Å². The van der Waals surface area contributed by atoms with Crippen LogP contribution in [-0.4, -0.2) is 70.9 Å². The molecular formula is C35H56O7Si. The highest BCUT2D eigenvalue weighted by Crippen LogP contribution is 2.44. The lowest BCUT2D eigenvalue weighted by molar-refractivity contribution is -0.0597. The van der Waals surface area contributed by atoms with Gasteiger partial charge >= 0.3 is 0 Å². The minimum atomic E-state index is -2.09. The van der Waals surface area contributed by atoms with Gasteiger partial charge in [0.05, 0.1) is 51.3 Å². The summed E-state index contributed by atoms with van der Waals surface area (Å²) in [6.07, 6.45) is 1.92. The standard InChI is InChI=1S/C35H56O7Si/c1-26(32(22-33-35(5,25-36)41-33)42-43(8,9)34(2,3)4)31(38-7)21-30(19-20-39-23-27-13-11-10-12-14-27)40-24-28-15-17-29(37-6)18-16-28/h10-18,26,30-33,36H,19-25H2,1-9H3/t26-,30+,31+,32+,33-,35-/m1/s1. The first-order valence-corrected chi connectivity index (χ1v) is 18.6. The van der Waals surface area contributed by atoms with Gasteiger partial charge in [-0.15, -0.1) is 0 Å². The molecule has 1 heterocycles. The van der Waals surface area contributed by atoms with Gasteiger partial charge in [-0.3, -0.25) is 0 Å². The smallest absolute Gasteiger partial charge is 0.192 e. The Labute approximate surface area is 261 Å². The Balaban J connectivity index is 1.72. The molecule has 8 heteroatoms. The molecular weight excluding hydrogens is 560 g/mol. The second kappa shape index (κ2) is 16.0. The second-order valence-corrected chi connectivity index (χ2v) is 18.5. The molecule has 1 fully saturated rings. The average Bonchev–Trinajstić information content (AvgIpc) is 3.64. The minimum absolute atomic E-state index is 0.0107. The van der Waals surface area contributed by atoms with Crippen molar-refractivity contribution in [1.82, 2.24) is 0 Å². The summed E-state index contributed by atoms with van der Waals surface area (Å²) in [5, 5.41) is 9.93. The average molecular weight is 617 g/mol. The van der Waals surface area contributed by atoms with E-state index in [1.165, 1.54) is 0 Å². The minimum Gasteiger partial charge on any atom is -0.497 e. The van der Waals surface area contributed by atoms with Crippen molar-refractivity contribution in [2.24, 2.45) is 5.92 Å². The van der Waals surface area contributed by atoms with E-state index < -0.39 is 13.9 Å². The molecule has 0 amide bonds. The molecule has 242 valence electrons. The first-order valence-electron chi connectivity index (χ1n) is 15.7. The van der Waals surface area contributed by atoms with E-state index in [9.17, 15) is 5.11 Å². The van der Waals surface area contributed by atoms with Crippen LogP contribution in [0.15, 0.2) is 54.6 Å². The molecule has 1 aliphatic rings. The summed E-state index contributed by atoms with van der Waals surface area (Å²) in [6.45, 7) is 17.2. The van der Waals surface area contributed by atoms with E-state index in [-0.39, 0.29) is 42.0 Å². The molecule has 1 aliphatic heterocycles. The van der Waals surface area contributed by atoms with E-state index >= 15 is 0 Å². The molecule has 2 aromatic carbocycles. The summed E-state index contributed by atoms with van der Waals surface area (Å²) in [5.74, 6) is 0.913. The predicted octanol–water partition coefficient (Wildman–Crippen LogP) is 7.16. The normalized spacial score (nSPS) is 21.7. The van der Waals surface area contributed by atoms with E-state index in [0.717, 1.165) is 29.7 Å². The van der Waals surface area contributed by atoms with Gasteiger partial charge in [-0.1, -0.05) is 70.2 Å². The fraction of sp³-hybridized carbons (Fsp3) is 0.657. The molecule has 1 saturated heterocycles. The quantitative estimate of drug-likeness (QED) is 0.102. The molecule has 0 bridgehead atoms. The van der Waals surface area contributed by atoms with Gasteiger partial charge < -0.3 is 33.2 Å². The summed E-state index contributed by atoms with van der Waals surface area (Å²) in [7, 11) is 1.37. The summed E-state index contributed by atoms with van der Waals surface area (Å²) in [4.78, 5) is 0. The van der Waals surface area contributed by atoms with Crippen LogP contribution in [0.4, 0.5) is 0 Å². The zero-order valence-corrected chi connectivity index (χ0v) is 28.9. The first-order chi connectivity index (χ1) is 20.3. The third-order valence-electron chi connectivity index (χ3n) is 9.36. The van der Waals surface area contributed by atoms with Crippen molar-refractivity contribution >= 4 is 8.32 Å². The fourth-order valence-electron chi connectivity index (χ4n) is 5.07. The SMILES string of the molecule is COc1ccc(CO[C@@H](CCOCc2ccccc2)C[C@H](OC)[C@@H](C)[C@H](C[C@H]2O[C@]2(C)CO)O[Si](C)(C)C(C)(C)C)cc1. The Bertz CT molecular complexity index is 1070. The van der Waals surface area contributed by atoms with E-state index in [0.29, 0.717) is 26.2 Å². The number of hydrogen-bond acceptors (Lipinski definition) is 7. The van der Waals surface area contributed by atoms with Gasteiger partial charge in [0.1, 0.15) is 11.4 Å². The Morgan fingerprint density at radius 1 is 0.953 bits per heavy atom. The molecule has 43 heavy (non-hydrogen) atoms. The third-order valence-corrected chi connectivity index (χ3v) is 13.9. The van der Waals surface area contributed by atoms with Crippen molar-refractivity contribution in [3.05, 3.63) is 65.7 Å². The summed E-state index contributed by atoms with van der Waals surface area (Å²) >= 11 is 0. The van der Waals surface area contributed by atoms with Crippen LogP contribution in [0.2, 0.25) is 18.1 Å². The van der Waals surface area contributed by atoms with Gasteiger partial charge in [-0.05, 0) is 54.7 Å². The summed E-state index contributed by atoms with van der Waals surface area (Å²) < 4.78 is 37.0. The number of hydrogen-bond donors (Lipinski definition) is 1. The molecule has 0 aliphatic carbocycles. The van der Waals surface area contributed by atoms with E-state index in [4.69, 9.17) is 28.1 Å². The molecule has 0 unspecified atom stereocenters. The first kappa shape index (κ1) is 35.7. The highest BCUT2D eigenvalue weighted by atomic mass is 28.4. The van der Waals surface area contributed by atoms with Gasteiger partial charge in [0, 0.05) is 32.5 Å². The highest BCUT2D eigenvalue weighted by Gasteiger charge is 2.54. The third kappa shape index (κ3) is 10.7. The molecule has 0 saturated carbocycles. The Hall–Kier alpha value is -1.78. The van der Waals surface area contributed by atoms with Crippen LogP contribution in [0.5, 0.6) is 5.75 Å². The van der Waals surface area contributed by atoms with Crippen LogP contribution in [0, 0.1) is 5.92 Å². The van der Waals surface area contributed by atoms with Crippen LogP contribution < -0.4 is 4.74 Å². The largest absolute Gasteiger partial charge is 0.497 e. The zero-order chi connectivity index (χ0) is 31.7. The van der Waals surface area contributed by atoms with E-state index in [1.54, 1.807) is 14.2 Å². The number of aliphatic hydroxyl groups is 1. The van der Waals surface area contributed by atoms with Gasteiger partial charge in [-0.2, -0.15) is 0 Å². The topological polar surface area (TPSA) is 78.9 Å². The molecule has 1 N–H and O–H groups in total. The fourth-order valence-corrected chi connectivity index (χ4v) is 6.49. The highest BCUT2D eigenvalue weighted by molar-refractivity contribution is 6.74. The van der Waals surface area contributed by atoms with Crippen molar-refractivity contribution in [2.75, 3.05) is 27.4 Å². The molecule has 0 radical (unpaired) electrons. The van der Waals surface area contributed by atoms with Crippen LogP contribution in [-0.2, 0) is 36.6 Å². The number of rotatable bonds is 19. The van der Waals surface area contributed by atoms with E-state index in [2.05, 4.69) is 52.9 Å². The van der Waals surface area contributed by atoms with Crippen LogP contribution in [0.1, 0.15) is 65.0 Å². The zero-order valence-electron chi connectivity index (χ0n) is 27.9. The van der Waals surface area contributed by atoms with Crippen LogP contribution in [0.3, 0.4) is 0 Å². The van der Waals surface area contributed by atoms with Gasteiger partial charge in [0.25, 0.3) is 0 Å². The number of aliphatic hydroxyl groups excluding tert-OH is 1. The molecule has 0 aromatic heterocycles. The van der Waals surface area contributed by atoms with Gasteiger partial charge in [0.2, 0.25) is 0 Å². The molecule has 2 aromatic rings. The lowest BCUT2D eigenvalue weighted by Gasteiger charge is -2.42. The van der Waals surface area contributed by atoms with Crippen molar-refractivity contribution in [3.8, 4) is 5.75 Å². The molecule has 7 nitrogen and oxygen atoms in total. The number of benzene rings is 2. The lowest BCUT2D eigenvalue weighted by atomic mass is 9.89. The Morgan fingerprint density at radius 2 is 1.60 bits per heavy atom. The van der Waals surface area contributed by atoms with Crippen molar-refractivity contribution in [2.45, 2.75) is 115 Å². The monoisotopic (exact) mass is 616 g/mol. The Kier molecular flexibility index (Phi) is 13.3. The van der Waals surface area contributed by atoms with Gasteiger partial charge in [-0.25, -0.2) is 0 Å².